The van der Waals surface area contributed by atoms with Crippen molar-refractivity contribution in [2.24, 2.45) is 0 Å². The molecule has 1 aromatic carbocycles. The first-order chi connectivity index (χ1) is 9.91. The van der Waals surface area contributed by atoms with Gasteiger partial charge >= 0.3 is 0 Å². The number of hydrogen-bond donors (Lipinski definition) is 0. The fraction of sp³-hybridized carbons (Fsp3) is 0.588. The summed E-state index contributed by atoms with van der Waals surface area (Å²) in [4.78, 5) is 16.4. The highest BCUT2D eigenvalue weighted by molar-refractivity contribution is 5.94. The number of carbonyl (C=O) groups excluding carboxylic acids is 1. The second-order valence-corrected chi connectivity index (χ2v) is 6.65. The summed E-state index contributed by atoms with van der Waals surface area (Å²) < 4.78 is 12.3. The zero-order valence-electron chi connectivity index (χ0n) is 13.2. The van der Waals surface area contributed by atoms with Gasteiger partial charge in [-0.1, -0.05) is 32.9 Å². The van der Waals surface area contributed by atoms with Crippen LogP contribution in [0.3, 0.4) is 0 Å². The maximum Gasteiger partial charge on any atom is 0.253 e. The van der Waals surface area contributed by atoms with Crippen LogP contribution in [0.5, 0.6) is 0 Å². The zero-order valence-corrected chi connectivity index (χ0v) is 13.2. The molecule has 116 valence electrons. The Hall–Kier alpha value is -1.42. The molecule has 3 nitrogen and oxygen atoms in total. The smallest absolute Gasteiger partial charge is 0.253 e. The number of amides is 1. The number of carbonyl (C=O) groups is 1. The topological polar surface area (TPSA) is 23.6 Å². The average Bonchev–Trinajstić information content (AvgIpc) is 2.47. The van der Waals surface area contributed by atoms with Crippen molar-refractivity contribution in [2.75, 3.05) is 39.4 Å². The minimum atomic E-state index is -0.317. The van der Waals surface area contributed by atoms with Crippen molar-refractivity contribution in [1.82, 2.24) is 9.80 Å². The molecule has 0 aromatic heterocycles. The van der Waals surface area contributed by atoms with Crippen LogP contribution in [-0.4, -0.2) is 55.1 Å². The summed E-state index contributed by atoms with van der Waals surface area (Å²) >= 11 is 0. The van der Waals surface area contributed by atoms with Gasteiger partial charge in [0.2, 0.25) is 0 Å². The van der Waals surface area contributed by atoms with Gasteiger partial charge in [-0.2, -0.15) is 0 Å². The van der Waals surface area contributed by atoms with Crippen molar-refractivity contribution in [3.63, 3.8) is 0 Å². The van der Waals surface area contributed by atoms with Crippen LogP contribution in [-0.2, 0) is 5.41 Å². The van der Waals surface area contributed by atoms with Crippen molar-refractivity contribution < 1.29 is 9.18 Å². The molecule has 1 aliphatic heterocycles. The number of nitrogens with zero attached hydrogens (tertiary/aromatic N) is 2. The normalized spacial score (nSPS) is 17.0. The molecule has 0 aliphatic carbocycles. The van der Waals surface area contributed by atoms with E-state index in [-0.39, 0.29) is 18.0 Å². The minimum Gasteiger partial charge on any atom is -0.336 e. The quantitative estimate of drug-likeness (QED) is 0.855. The van der Waals surface area contributed by atoms with E-state index < -0.39 is 0 Å². The molecule has 1 amide bonds. The first-order valence-corrected chi connectivity index (χ1v) is 7.60. The maximum atomic E-state index is 12.5. The number of benzene rings is 1. The lowest BCUT2D eigenvalue weighted by Crippen LogP contribution is -2.49. The monoisotopic (exact) mass is 292 g/mol. The summed E-state index contributed by atoms with van der Waals surface area (Å²) in [5.74, 6) is 0.0790. The summed E-state index contributed by atoms with van der Waals surface area (Å²) in [5.41, 5.74) is 2.06. The fourth-order valence-corrected chi connectivity index (χ4v) is 2.59. The Bertz CT molecular complexity index is 471. The van der Waals surface area contributed by atoms with Crippen LogP contribution in [0, 0.1) is 0 Å². The van der Waals surface area contributed by atoms with Crippen LogP contribution in [0.25, 0.3) is 0 Å². The average molecular weight is 292 g/mol. The van der Waals surface area contributed by atoms with E-state index in [0.717, 1.165) is 18.7 Å². The van der Waals surface area contributed by atoms with Gasteiger partial charge in [0, 0.05) is 38.3 Å². The third-order valence-corrected chi connectivity index (χ3v) is 4.06. The van der Waals surface area contributed by atoms with Crippen LogP contribution >= 0.6 is 0 Å². The third-order valence-electron chi connectivity index (χ3n) is 4.06. The Kier molecular flexibility index (Phi) is 4.99. The Labute approximate surface area is 126 Å². The predicted molar refractivity (Wildman–Crippen MR) is 83.5 cm³/mol. The van der Waals surface area contributed by atoms with E-state index in [1.165, 1.54) is 5.56 Å². The van der Waals surface area contributed by atoms with E-state index in [9.17, 15) is 9.18 Å². The Morgan fingerprint density at radius 1 is 1.10 bits per heavy atom. The fourth-order valence-electron chi connectivity index (χ4n) is 2.59. The van der Waals surface area contributed by atoms with Gasteiger partial charge in [0.15, 0.2) is 0 Å². The highest BCUT2D eigenvalue weighted by atomic mass is 19.1. The molecular formula is C17H25FN2O. The molecule has 1 saturated heterocycles. The van der Waals surface area contributed by atoms with Crippen LogP contribution in [0.15, 0.2) is 24.3 Å². The third kappa shape index (κ3) is 4.03. The SMILES string of the molecule is CC(C)(C)c1ccc(C(=O)N2CCN(CCF)CC2)cc1. The largest absolute Gasteiger partial charge is 0.336 e. The molecule has 1 aromatic rings. The molecule has 0 unspecified atom stereocenters. The van der Waals surface area contributed by atoms with Gasteiger partial charge in [-0.3, -0.25) is 9.69 Å². The summed E-state index contributed by atoms with van der Waals surface area (Å²) in [6, 6.07) is 7.90. The Morgan fingerprint density at radius 3 is 2.14 bits per heavy atom. The van der Waals surface area contributed by atoms with Crippen LogP contribution in [0.2, 0.25) is 0 Å². The van der Waals surface area contributed by atoms with Crippen molar-refractivity contribution in [3.05, 3.63) is 35.4 Å². The molecule has 0 radical (unpaired) electrons. The van der Waals surface area contributed by atoms with Crippen molar-refractivity contribution in [1.29, 1.82) is 0 Å². The number of rotatable bonds is 3. The maximum absolute atomic E-state index is 12.5. The van der Waals surface area contributed by atoms with Gasteiger partial charge in [0.05, 0.1) is 0 Å². The Balaban J connectivity index is 1.98. The van der Waals surface area contributed by atoms with Crippen molar-refractivity contribution >= 4 is 5.91 Å². The lowest BCUT2D eigenvalue weighted by Gasteiger charge is -2.34. The van der Waals surface area contributed by atoms with E-state index in [1.807, 2.05) is 29.2 Å². The van der Waals surface area contributed by atoms with Gasteiger partial charge in [-0.05, 0) is 23.1 Å². The first kappa shape index (κ1) is 16.0. The lowest BCUT2D eigenvalue weighted by molar-refractivity contribution is 0.0630. The van der Waals surface area contributed by atoms with Gasteiger partial charge < -0.3 is 4.90 Å². The van der Waals surface area contributed by atoms with Crippen molar-refractivity contribution in [3.8, 4) is 0 Å². The van der Waals surface area contributed by atoms with E-state index in [0.29, 0.717) is 19.6 Å². The molecule has 0 bridgehead atoms. The molecule has 4 heteroatoms. The second-order valence-electron chi connectivity index (χ2n) is 6.65. The van der Waals surface area contributed by atoms with E-state index in [2.05, 4.69) is 25.7 Å². The van der Waals surface area contributed by atoms with E-state index in [1.54, 1.807) is 0 Å². The van der Waals surface area contributed by atoms with Gasteiger partial charge in [0.25, 0.3) is 5.91 Å². The summed E-state index contributed by atoms with van der Waals surface area (Å²) in [6.45, 7) is 9.52. The molecule has 0 spiro atoms. The molecular weight excluding hydrogens is 267 g/mol. The molecule has 2 rings (SSSR count). The molecule has 0 N–H and O–H groups in total. The second kappa shape index (κ2) is 6.56. The number of hydrogen-bond acceptors (Lipinski definition) is 2. The number of alkyl halides is 1. The molecule has 1 aliphatic rings. The molecule has 1 fully saturated rings. The summed E-state index contributed by atoms with van der Waals surface area (Å²) in [7, 11) is 0. The van der Waals surface area contributed by atoms with Crippen molar-refractivity contribution in [2.45, 2.75) is 26.2 Å². The molecule has 0 atom stereocenters. The summed E-state index contributed by atoms with van der Waals surface area (Å²) in [5, 5.41) is 0. The van der Waals surface area contributed by atoms with Crippen LogP contribution in [0.1, 0.15) is 36.7 Å². The Morgan fingerprint density at radius 2 is 1.67 bits per heavy atom. The van der Waals surface area contributed by atoms with Gasteiger partial charge in [-0.15, -0.1) is 0 Å². The van der Waals surface area contributed by atoms with Crippen LogP contribution < -0.4 is 0 Å². The number of piperazine rings is 1. The van der Waals surface area contributed by atoms with E-state index >= 15 is 0 Å². The highest BCUT2D eigenvalue weighted by Gasteiger charge is 2.22. The molecule has 21 heavy (non-hydrogen) atoms. The van der Waals surface area contributed by atoms with E-state index in [4.69, 9.17) is 0 Å². The standard InChI is InChI=1S/C17H25FN2O/c1-17(2,3)15-6-4-14(5-7-15)16(21)20-12-10-19(9-8-18)11-13-20/h4-7H,8-13H2,1-3H3. The summed E-state index contributed by atoms with van der Waals surface area (Å²) in [6.07, 6.45) is 0. The molecule has 0 saturated carbocycles. The zero-order chi connectivity index (χ0) is 15.5. The van der Waals surface area contributed by atoms with Gasteiger partial charge in [-0.25, -0.2) is 4.39 Å². The molecule has 1 heterocycles. The highest BCUT2D eigenvalue weighted by Crippen LogP contribution is 2.22. The number of halogens is 1. The minimum absolute atomic E-state index is 0.0790. The van der Waals surface area contributed by atoms with Crippen LogP contribution in [0.4, 0.5) is 4.39 Å². The first-order valence-electron chi connectivity index (χ1n) is 7.60. The lowest BCUT2D eigenvalue weighted by atomic mass is 9.86. The predicted octanol–water partition coefficient (Wildman–Crippen LogP) is 2.71. The van der Waals surface area contributed by atoms with Gasteiger partial charge in [0.1, 0.15) is 6.67 Å².